The minimum atomic E-state index is 0.221. The maximum absolute atomic E-state index is 12.0. The normalized spacial score (nSPS) is 24.1. The molecule has 1 aromatic rings. The number of hydrogen-bond acceptors (Lipinski definition) is 5. The predicted molar refractivity (Wildman–Crippen MR) is 67.6 cm³/mol. The highest BCUT2D eigenvalue weighted by molar-refractivity contribution is 5.82. The van der Waals surface area contributed by atoms with Gasteiger partial charge >= 0.3 is 0 Å². The minimum Gasteiger partial charge on any atom is -0.381 e. The van der Waals surface area contributed by atoms with E-state index in [2.05, 4.69) is 10.1 Å². The molecular weight excluding hydrogens is 244 g/mol. The van der Waals surface area contributed by atoms with Crippen LogP contribution in [0.2, 0.25) is 0 Å². The van der Waals surface area contributed by atoms with Gasteiger partial charge in [0.2, 0.25) is 5.89 Å². The lowest BCUT2D eigenvalue weighted by Gasteiger charge is -2.04. The molecule has 0 spiro atoms. The Labute approximate surface area is 112 Å². The van der Waals surface area contributed by atoms with Crippen molar-refractivity contribution in [2.75, 3.05) is 13.2 Å². The Morgan fingerprint density at radius 2 is 2.11 bits per heavy atom. The van der Waals surface area contributed by atoms with Crippen LogP contribution in [0.15, 0.2) is 4.52 Å². The van der Waals surface area contributed by atoms with E-state index in [1.54, 1.807) is 0 Å². The van der Waals surface area contributed by atoms with Crippen LogP contribution < -0.4 is 0 Å². The molecule has 1 atom stereocenters. The van der Waals surface area contributed by atoms with Gasteiger partial charge in [0.15, 0.2) is 5.82 Å². The van der Waals surface area contributed by atoms with Crippen molar-refractivity contribution in [1.29, 1.82) is 0 Å². The molecule has 19 heavy (non-hydrogen) atoms. The zero-order chi connectivity index (χ0) is 13.1. The number of aromatic nitrogens is 2. The van der Waals surface area contributed by atoms with E-state index in [4.69, 9.17) is 9.26 Å². The van der Waals surface area contributed by atoms with Gasteiger partial charge in [-0.1, -0.05) is 18.0 Å². The molecule has 104 valence electrons. The second-order valence-electron chi connectivity index (χ2n) is 5.66. The molecule has 5 heteroatoms. The van der Waals surface area contributed by atoms with Gasteiger partial charge in [-0.25, -0.2) is 0 Å². The Balaban J connectivity index is 1.53. The molecule has 2 heterocycles. The van der Waals surface area contributed by atoms with Crippen LogP contribution in [0, 0.1) is 11.8 Å². The summed E-state index contributed by atoms with van der Waals surface area (Å²) in [6.07, 6.45) is 6.56. The number of rotatable bonds is 5. The second-order valence-corrected chi connectivity index (χ2v) is 5.66. The highest BCUT2D eigenvalue weighted by Gasteiger charge is 2.25. The maximum Gasteiger partial charge on any atom is 0.234 e. The number of hydrogen-bond donors (Lipinski definition) is 0. The summed E-state index contributed by atoms with van der Waals surface area (Å²) < 4.78 is 10.5. The van der Waals surface area contributed by atoms with Gasteiger partial charge < -0.3 is 9.26 Å². The topological polar surface area (TPSA) is 65.2 Å². The van der Waals surface area contributed by atoms with E-state index in [-0.39, 0.29) is 11.7 Å². The van der Waals surface area contributed by atoms with Crippen molar-refractivity contribution in [3.8, 4) is 0 Å². The Hall–Kier alpha value is -1.23. The van der Waals surface area contributed by atoms with Crippen molar-refractivity contribution in [3.05, 3.63) is 11.7 Å². The zero-order valence-corrected chi connectivity index (χ0v) is 11.1. The average molecular weight is 264 g/mol. The smallest absolute Gasteiger partial charge is 0.234 e. The second kappa shape index (κ2) is 5.82. The van der Waals surface area contributed by atoms with E-state index < -0.39 is 0 Å². The fourth-order valence-corrected chi connectivity index (χ4v) is 2.99. The Bertz CT molecular complexity index is 432. The van der Waals surface area contributed by atoms with Crippen molar-refractivity contribution < 1.29 is 14.1 Å². The van der Waals surface area contributed by atoms with E-state index in [9.17, 15) is 4.79 Å². The SMILES string of the molecule is O=C(Cc1nc(CC2CCOC2)no1)C1CCCC1. The fourth-order valence-electron chi connectivity index (χ4n) is 2.99. The van der Waals surface area contributed by atoms with Gasteiger partial charge in [0.05, 0.1) is 6.42 Å². The molecular formula is C14H20N2O3. The molecule has 1 aliphatic heterocycles. The molecule has 1 aliphatic carbocycles. The molecule has 5 nitrogen and oxygen atoms in total. The first-order valence-electron chi connectivity index (χ1n) is 7.23. The quantitative estimate of drug-likeness (QED) is 0.813. The van der Waals surface area contributed by atoms with Crippen molar-refractivity contribution >= 4 is 5.78 Å². The fraction of sp³-hybridized carbons (Fsp3) is 0.786. The molecule has 1 aromatic heterocycles. The van der Waals surface area contributed by atoms with Gasteiger partial charge in [-0.05, 0) is 25.2 Å². The van der Waals surface area contributed by atoms with Crippen LogP contribution >= 0.6 is 0 Å². The third kappa shape index (κ3) is 3.21. The molecule has 0 N–H and O–H groups in total. The standard InChI is InChI=1S/C14H20N2O3/c17-12(11-3-1-2-4-11)8-14-15-13(16-19-14)7-10-5-6-18-9-10/h10-11H,1-9H2. The number of ether oxygens (including phenoxy) is 1. The number of Topliss-reactive ketones (excluding diaryl/α,β-unsaturated/α-hetero) is 1. The summed E-state index contributed by atoms with van der Waals surface area (Å²) >= 11 is 0. The van der Waals surface area contributed by atoms with E-state index >= 15 is 0 Å². The molecule has 1 saturated carbocycles. The number of ketones is 1. The third-order valence-electron chi connectivity index (χ3n) is 4.14. The van der Waals surface area contributed by atoms with Crippen LogP contribution in [-0.2, 0) is 22.4 Å². The van der Waals surface area contributed by atoms with Gasteiger partial charge in [-0.2, -0.15) is 4.98 Å². The first-order chi connectivity index (χ1) is 9.31. The zero-order valence-electron chi connectivity index (χ0n) is 11.1. The summed E-state index contributed by atoms with van der Waals surface area (Å²) in [4.78, 5) is 16.4. The Kier molecular flexibility index (Phi) is 3.92. The number of carbonyl (C=O) groups is 1. The highest BCUT2D eigenvalue weighted by atomic mass is 16.5. The van der Waals surface area contributed by atoms with E-state index in [1.807, 2.05) is 0 Å². The number of nitrogens with zero attached hydrogens (tertiary/aromatic N) is 2. The molecule has 3 rings (SSSR count). The summed E-state index contributed by atoms with van der Waals surface area (Å²) in [5, 5.41) is 3.97. The average Bonchev–Trinajstić information content (AvgIpc) is 3.10. The molecule has 2 aliphatic rings. The summed E-state index contributed by atoms with van der Waals surface area (Å²) in [6.45, 7) is 1.61. The van der Waals surface area contributed by atoms with E-state index in [1.165, 1.54) is 12.8 Å². The Morgan fingerprint density at radius 3 is 2.84 bits per heavy atom. The lowest BCUT2D eigenvalue weighted by atomic mass is 10.0. The van der Waals surface area contributed by atoms with Crippen molar-refractivity contribution in [1.82, 2.24) is 10.1 Å². The summed E-state index contributed by atoms with van der Waals surface area (Å²) in [5.74, 6) is 2.17. The minimum absolute atomic E-state index is 0.221. The molecule has 0 radical (unpaired) electrons. The van der Waals surface area contributed by atoms with Gasteiger partial charge in [0.25, 0.3) is 0 Å². The predicted octanol–water partition coefficient (Wildman–Crippen LogP) is 1.95. The van der Waals surface area contributed by atoms with Crippen LogP contribution in [-0.4, -0.2) is 29.1 Å². The summed E-state index contributed by atoms with van der Waals surface area (Å²) in [7, 11) is 0. The molecule has 1 saturated heterocycles. The first kappa shape index (κ1) is 12.8. The van der Waals surface area contributed by atoms with Crippen LogP contribution in [0.25, 0.3) is 0 Å². The lowest BCUT2D eigenvalue weighted by molar-refractivity contribution is -0.122. The van der Waals surface area contributed by atoms with Crippen LogP contribution in [0.3, 0.4) is 0 Å². The molecule has 1 unspecified atom stereocenters. The molecule has 2 fully saturated rings. The molecule has 0 aromatic carbocycles. The van der Waals surface area contributed by atoms with Crippen LogP contribution in [0.4, 0.5) is 0 Å². The van der Waals surface area contributed by atoms with E-state index in [0.717, 1.165) is 38.9 Å². The van der Waals surface area contributed by atoms with Gasteiger partial charge in [-0.3, -0.25) is 4.79 Å². The van der Waals surface area contributed by atoms with Gasteiger partial charge in [0, 0.05) is 25.6 Å². The monoisotopic (exact) mass is 264 g/mol. The summed E-state index contributed by atoms with van der Waals surface area (Å²) in [6, 6.07) is 0. The third-order valence-corrected chi connectivity index (χ3v) is 4.14. The van der Waals surface area contributed by atoms with Crippen molar-refractivity contribution in [3.63, 3.8) is 0 Å². The number of carbonyl (C=O) groups excluding carboxylic acids is 1. The van der Waals surface area contributed by atoms with Gasteiger partial charge in [-0.15, -0.1) is 0 Å². The van der Waals surface area contributed by atoms with Crippen molar-refractivity contribution in [2.45, 2.75) is 44.9 Å². The van der Waals surface area contributed by atoms with Crippen LogP contribution in [0.5, 0.6) is 0 Å². The first-order valence-corrected chi connectivity index (χ1v) is 7.23. The molecule has 0 bridgehead atoms. The van der Waals surface area contributed by atoms with Crippen molar-refractivity contribution in [2.24, 2.45) is 11.8 Å². The molecule has 0 amide bonds. The largest absolute Gasteiger partial charge is 0.381 e. The van der Waals surface area contributed by atoms with Crippen LogP contribution in [0.1, 0.15) is 43.8 Å². The maximum atomic E-state index is 12.0. The van der Waals surface area contributed by atoms with Gasteiger partial charge in [0.1, 0.15) is 5.78 Å². The Morgan fingerprint density at radius 1 is 1.26 bits per heavy atom. The lowest BCUT2D eigenvalue weighted by Crippen LogP contribution is -2.13. The highest BCUT2D eigenvalue weighted by Crippen LogP contribution is 2.26. The van der Waals surface area contributed by atoms with E-state index in [0.29, 0.717) is 24.1 Å². The summed E-state index contributed by atoms with van der Waals surface area (Å²) in [5.41, 5.74) is 0.